The second-order valence-electron chi connectivity index (χ2n) is 7.41. The predicted molar refractivity (Wildman–Crippen MR) is 132 cm³/mol. The number of hydrogen-bond donors (Lipinski definition) is 1. The van der Waals surface area contributed by atoms with Crippen molar-refractivity contribution in [2.45, 2.75) is 0 Å². The van der Waals surface area contributed by atoms with E-state index < -0.39 is 11.4 Å². The molecule has 1 heterocycles. The zero-order valence-electron chi connectivity index (χ0n) is 18.0. The largest absolute Gasteiger partial charge is 0.593 e. The summed E-state index contributed by atoms with van der Waals surface area (Å²) in [5, 5.41) is 3.53. The number of carbonyl (C=O) groups is 2. The molecule has 1 unspecified atom stereocenters. The second kappa shape index (κ2) is 9.70. The number of nitrogens with zero attached hydrogens (tertiary/aromatic N) is 1. The van der Waals surface area contributed by atoms with Crippen LogP contribution in [0.1, 0.15) is 31.8 Å². The minimum atomic E-state index is -1.40. The molecule has 0 bridgehead atoms. The summed E-state index contributed by atoms with van der Waals surface area (Å²) >= 11 is 4.73. The molecule has 3 aromatic carbocycles. The second-order valence-corrected chi connectivity index (χ2v) is 9.33. The fourth-order valence-corrected chi connectivity index (χ4v) is 4.64. The monoisotopic (exact) mass is 480 g/mol. The van der Waals surface area contributed by atoms with Crippen molar-refractivity contribution < 1.29 is 18.9 Å². The molecule has 0 spiro atoms. The molecular weight excluding hydrogens is 460 g/mol. The molecule has 1 aliphatic heterocycles. The third kappa shape index (κ3) is 5.06. The molecule has 3 aromatic rings. The summed E-state index contributed by atoms with van der Waals surface area (Å²) < 4.78 is 18.8. The summed E-state index contributed by atoms with van der Waals surface area (Å²) in [6.07, 6.45) is 1.83. The fraction of sp³-hybridized carbons (Fsp3) is 0.120. The Balaban J connectivity index is 1.68. The van der Waals surface area contributed by atoms with Gasteiger partial charge in [-0.25, -0.2) is 0 Å². The van der Waals surface area contributed by atoms with E-state index in [1.807, 2.05) is 30.3 Å². The molecule has 6 nitrogen and oxygen atoms in total. The highest BCUT2D eigenvalue weighted by molar-refractivity contribution is 7.93. The molecule has 0 radical (unpaired) electrons. The van der Waals surface area contributed by atoms with Gasteiger partial charge in [-0.1, -0.05) is 23.7 Å². The van der Waals surface area contributed by atoms with Crippen LogP contribution in [-0.4, -0.2) is 36.2 Å². The van der Waals surface area contributed by atoms with Gasteiger partial charge in [0.1, 0.15) is 5.75 Å². The van der Waals surface area contributed by atoms with Gasteiger partial charge in [-0.05, 0) is 71.8 Å². The number of anilines is 1. The van der Waals surface area contributed by atoms with E-state index in [-0.39, 0.29) is 17.4 Å². The first-order valence-electron chi connectivity index (χ1n) is 10.1. The Morgan fingerprint density at radius 2 is 1.85 bits per heavy atom. The van der Waals surface area contributed by atoms with Crippen molar-refractivity contribution >= 4 is 52.1 Å². The number of methoxy groups -OCH3 is 1. The number of halogens is 1. The number of ether oxygens (including phenoxy) is 1. The predicted octanol–water partition coefficient (Wildman–Crippen LogP) is 4.57. The van der Waals surface area contributed by atoms with Crippen LogP contribution < -0.4 is 14.4 Å². The number of Topliss-reactive ketones (excluding diaryl/α,β-unsaturated/α-hetero) is 1. The maximum atomic E-state index is 13.2. The molecule has 0 fully saturated rings. The molecule has 1 aliphatic rings. The van der Waals surface area contributed by atoms with E-state index in [0.29, 0.717) is 33.3 Å². The molecule has 168 valence electrons. The van der Waals surface area contributed by atoms with Crippen LogP contribution in [0.2, 0.25) is 5.02 Å². The van der Waals surface area contributed by atoms with E-state index >= 15 is 0 Å². The lowest BCUT2D eigenvalue weighted by Gasteiger charge is -2.27. The SMILES string of the molecule is COc1ccc(/C(=C\c2cccc(Cl)c2)NC(=O)c2ccc3c(c2)C(=O)C[S+]([O-])N3C)cc1. The van der Waals surface area contributed by atoms with Crippen molar-refractivity contribution in [2.75, 3.05) is 24.2 Å². The molecule has 1 amide bonds. The first-order chi connectivity index (χ1) is 15.9. The highest BCUT2D eigenvalue weighted by Crippen LogP contribution is 2.29. The van der Waals surface area contributed by atoms with E-state index in [1.165, 1.54) is 0 Å². The van der Waals surface area contributed by atoms with E-state index in [9.17, 15) is 14.1 Å². The highest BCUT2D eigenvalue weighted by Gasteiger charge is 2.32. The molecule has 0 aromatic heterocycles. The van der Waals surface area contributed by atoms with Crippen molar-refractivity contribution in [3.63, 3.8) is 0 Å². The number of benzene rings is 3. The van der Waals surface area contributed by atoms with Crippen molar-refractivity contribution in [1.82, 2.24) is 5.32 Å². The summed E-state index contributed by atoms with van der Waals surface area (Å²) in [6.45, 7) is 0. The zero-order valence-corrected chi connectivity index (χ0v) is 19.6. The van der Waals surface area contributed by atoms with Crippen LogP contribution in [0.3, 0.4) is 0 Å². The average molecular weight is 481 g/mol. The van der Waals surface area contributed by atoms with Crippen LogP contribution in [0, 0.1) is 0 Å². The Hall–Kier alpha value is -3.26. The van der Waals surface area contributed by atoms with Gasteiger partial charge in [-0.15, -0.1) is 0 Å². The van der Waals surface area contributed by atoms with Gasteiger partial charge >= 0.3 is 0 Å². The molecule has 4 rings (SSSR count). The quantitative estimate of drug-likeness (QED) is 0.427. The van der Waals surface area contributed by atoms with Crippen LogP contribution in [0.4, 0.5) is 5.69 Å². The zero-order chi connectivity index (χ0) is 23.5. The van der Waals surface area contributed by atoms with Gasteiger partial charge in [0.25, 0.3) is 5.91 Å². The minimum Gasteiger partial charge on any atom is -0.593 e. The number of ketones is 1. The van der Waals surface area contributed by atoms with Gasteiger partial charge in [-0.3, -0.25) is 9.59 Å². The van der Waals surface area contributed by atoms with Crippen LogP contribution >= 0.6 is 11.6 Å². The van der Waals surface area contributed by atoms with Gasteiger partial charge < -0.3 is 14.6 Å². The number of rotatable bonds is 5. The molecule has 0 saturated heterocycles. The Labute approximate surface area is 200 Å². The Bertz CT molecular complexity index is 1240. The van der Waals surface area contributed by atoms with Crippen molar-refractivity contribution in [1.29, 1.82) is 0 Å². The molecule has 0 aliphatic carbocycles. The number of fused-ring (bicyclic) bond motifs is 1. The number of amides is 1. The van der Waals surface area contributed by atoms with E-state index in [0.717, 1.165) is 11.1 Å². The van der Waals surface area contributed by atoms with Crippen molar-refractivity contribution in [3.8, 4) is 5.75 Å². The lowest BCUT2D eigenvalue weighted by molar-refractivity contribution is 0.0974. The topological polar surface area (TPSA) is 81.7 Å². The third-order valence-electron chi connectivity index (χ3n) is 5.27. The minimum absolute atomic E-state index is 0.0969. The Kier molecular flexibility index (Phi) is 6.74. The van der Waals surface area contributed by atoms with E-state index in [4.69, 9.17) is 16.3 Å². The lowest BCUT2D eigenvalue weighted by atomic mass is 10.0. The van der Waals surface area contributed by atoms with Gasteiger partial charge in [0.2, 0.25) is 5.78 Å². The van der Waals surface area contributed by atoms with Crippen molar-refractivity contribution in [2.24, 2.45) is 0 Å². The van der Waals surface area contributed by atoms with Crippen LogP contribution in [0.15, 0.2) is 66.7 Å². The molecular formula is C25H21ClN2O4S. The first-order valence-corrected chi connectivity index (χ1v) is 11.7. The van der Waals surface area contributed by atoms with Crippen molar-refractivity contribution in [3.05, 3.63) is 94.0 Å². The standard InChI is InChI=1S/C25H21ClN2O4S/c1-28-23-11-8-18(14-21(23)24(29)15-33(28)31)25(30)27-22(13-16-4-3-5-19(26)12-16)17-6-9-20(32-2)10-7-17/h3-14H,15H2,1-2H3,(H,27,30)/b22-13+. The first kappa shape index (κ1) is 22.9. The number of carbonyl (C=O) groups excluding carboxylic acids is 2. The van der Waals surface area contributed by atoms with E-state index in [1.54, 1.807) is 60.9 Å². The van der Waals surface area contributed by atoms with Crippen LogP contribution in [-0.2, 0) is 11.4 Å². The summed E-state index contributed by atoms with van der Waals surface area (Å²) in [5.74, 6) is -0.0211. The molecule has 0 saturated carbocycles. The van der Waals surface area contributed by atoms with Gasteiger partial charge in [0.15, 0.2) is 5.75 Å². The normalized spacial score (nSPS) is 15.8. The number of hydrogen-bond acceptors (Lipinski definition) is 5. The maximum Gasteiger partial charge on any atom is 0.255 e. The summed E-state index contributed by atoms with van der Waals surface area (Å²) in [6, 6.07) is 19.4. The average Bonchev–Trinajstić information content (AvgIpc) is 2.82. The van der Waals surface area contributed by atoms with Crippen LogP contribution in [0.5, 0.6) is 5.75 Å². The molecule has 33 heavy (non-hydrogen) atoms. The summed E-state index contributed by atoms with van der Waals surface area (Å²) in [7, 11) is 3.25. The molecule has 8 heteroatoms. The Morgan fingerprint density at radius 1 is 1.12 bits per heavy atom. The maximum absolute atomic E-state index is 13.2. The number of nitrogens with one attached hydrogen (secondary N) is 1. The Morgan fingerprint density at radius 3 is 2.55 bits per heavy atom. The van der Waals surface area contributed by atoms with Gasteiger partial charge in [-0.2, -0.15) is 4.31 Å². The summed E-state index contributed by atoms with van der Waals surface area (Å²) in [5.41, 5.74) is 3.41. The van der Waals surface area contributed by atoms with E-state index in [2.05, 4.69) is 5.32 Å². The molecule has 1 atom stereocenters. The third-order valence-corrected chi connectivity index (χ3v) is 6.82. The fourth-order valence-electron chi connectivity index (χ4n) is 3.49. The lowest BCUT2D eigenvalue weighted by Crippen LogP contribution is -2.38. The molecule has 1 N–H and O–H groups in total. The highest BCUT2D eigenvalue weighted by atomic mass is 35.5. The summed E-state index contributed by atoms with van der Waals surface area (Å²) in [4.78, 5) is 25.6. The smallest absolute Gasteiger partial charge is 0.255 e. The van der Waals surface area contributed by atoms with Crippen LogP contribution in [0.25, 0.3) is 11.8 Å². The van der Waals surface area contributed by atoms with Gasteiger partial charge in [0, 0.05) is 16.3 Å². The van der Waals surface area contributed by atoms with Gasteiger partial charge in [0.05, 0.1) is 36.8 Å².